The van der Waals surface area contributed by atoms with E-state index in [1.807, 2.05) is 0 Å². The van der Waals surface area contributed by atoms with Gasteiger partial charge in [0.1, 0.15) is 0 Å². The van der Waals surface area contributed by atoms with Crippen molar-refractivity contribution in [3.63, 3.8) is 0 Å². The zero-order valence-corrected chi connectivity index (χ0v) is 19.0. The Morgan fingerprint density at radius 2 is 1.61 bits per heavy atom. The van der Waals surface area contributed by atoms with Crippen LogP contribution in [0.25, 0.3) is 0 Å². The molecular formula is C25H37N5O. The summed E-state index contributed by atoms with van der Waals surface area (Å²) in [5.41, 5.74) is 4.94. The van der Waals surface area contributed by atoms with Gasteiger partial charge in [-0.2, -0.15) is 0 Å². The molecule has 168 valence electrons. The molecule has 0 unspecified atom stereocenters. The molecule has 0 radical (unpaired) electrons. The fourth-order valence-electron chi connectivity index (χ4n) is 3.68. The van der Waals surface area contributed by atoms with E-state index in [2.05, 4.69) is 76.3 Å². The number of methoxy groups -OCH3 is 1. The molecular weight excluding hydrogens is 386 g/mol. The molecule has 31 heavy (non-hydrogen) atoms. The lowest BCUT2D eigenvalue weighted by Crippen LogP contribution is -2.36. The first-order valence-corrected chi connectivity index (χ1v) is 11.4. The monoisotopic (exact) mass is 423 g/mol. The van der Waals surface area contributed by atoms with Crippen molar-refractivity contribution in [1.29, 1.82) is 0 Å². The summed E-state index contributed by atoms with van der Waals surface area (Å²) in [6.07, 6.45) is 2.67. The molecule has 3 N–H and O–H groups in total. The summed E-state index contributed by atoms with van der Waals surface area (Å²) in [5.74, 6) is 0.839. The Hall–Kier alpha value is -2.57. The van der Waals surface area contributed by atoms with Crippen molar-refractivity contribution in [2.75, 3.05) is 45.2 Å². The van der Waals surface area contributed by atoms with E-state index in [0.29, 0.717) is 13.2 Å². The lowest BCUT2D eigenvalue weighted by molar-refractivity contribution is 0.211. The van der Waals surface area contributed by atoms with Crippen LogP contribution in [0.3, 0.4) is 0 Å². The van der Waals surface area contributed by atoms with Gasteiger partial charge in [-0.15, -0.1) is 0 Å². The van der Waals surface area contributed by atoms with Crippen molar-refractivity contribution < 1.29 is 4.74 Å². The quantitative estimate of drug-likeness (QED) is 0.293. The Labute approximate surface area is 187 Å². The lowest BCUT2D eigenvalue weighted by Gasteiger charge is -2.15. The summed E-state index contributed by atoms with van der Waals surface area (Å²) in [6.45, 7) is 9.37. The Kier molecular flexibility index (Phi) is 9.67. The minimum atomic E-state index is 0.641. The summed E-state index contributed by atoms with van der Waals surface area (Å²) in [7, 11) is 1.71. The number of ether oxygens (including phenoxy) is 1. The van der Waals surface area contributed by atoms with Gasteiger partial charge in [0.2, 0.25) is 0 Å². The van der Waals surface area contributed by atoms with Crippen LogP contribution in [0.1, 0.15) is 36.5 Å². The molecule has 6 heteroatoms. The molecule has 0 amide bonds. The lowest BCUT2D eigenvalue weighted by atomic mass is 10.1. The van der Waals surface area contributed by atoms with Crippen LogP contribution in [-0.2, 0) is 24.4 Å². The van der Waals surface area contributed by atoms with Gasteiger partial charge in [-0.3, -0.25) is 4.90 Å². The zero-order valence-electron chi connectivity index (χ0n) is 19.0. The highest BCUT2D eigenvalue weighted by Crippen LogP contribution is 2.13. The second-order valence-corrected chi connectivity index (χ2v) is 7.96. The van der Waals surface area contributed by atoms with Crippen LogP contribution in [0.5, 0.6) is 0 Å². The summed E-state index contributed by atoms with van der Waals surface area (Å²) < 4.78 is 5.07. The number of nitrogens with one attached hydrogen (secondary N) is 3. The normalized spacial score (nSPS) is 14.6. The number of hydrogen-bond acceptors (Lipinski definition) is 4. The molecule has 1 heterocycles. The number of likely N-dealkylation sites (tertiary alicyclic amines) is 1. The maximum atomic E-state index is 5.07. The van der Waals surface area contributed by atoms with Crippen LogP contribution in [-0.4, -0.2) is 50.8 Å². The van der Waals surface area contributed by atoms with E-state index in [1.54, 1.807) is 7.11 Å². The largest absolute Gasteiger partial charge is 0.383 e. The SMILES string of the molecule is CCNC(=NCc1ccc(NCCOC)cc1)NCc1ccc(CN2CCCC2)cc1. The molecule has 1 fully saturated rings. The highest BCUT2D eigenvalue weighted by Gasteiger charge is 2.11. The number of rotatable bonds is 11. The van der Waals surface area contributed by atoms with Gasteiger partial charge in [-0.05, 0) is 61.7 Å². The van der Waals surface area contributed by atoms with Gasteiger partial charge in [0.05, 0.1) is 13.2 Å². The molecule has 0 bridgehead atoms. The van der Waals surface area contributed by atoms with Crippen molar-refractivity contribution in [3.8, 4) is 0 Å². The maximum absolute atomic E-state index is 5.07. The predicted octanol–water partition coefficient (Wildman–Crippen LogP) is 3.60. The van der Waals surface area contributed by atoms with Gasteiger partial charge in [0.15, 0.2) is 5.96 Å². The molecule has 0 saturated carbocycles. The Morgan fingerprint density at radius 1 is 0.935 bits per heavy atom. The average molecular weight is 424 g/mol. The highest BCUT2D eigenvalue weighted by molar-refractivity contribution is 5.79. The Balaban J connectivity index is 1.47. The second-order valence-electron chi connectivity index (χ2n) is 7.96. The fourth-order valence-corrected chi connectivity index (χ4v) is 3.68. The van der Waals surface area contributed by atoms with Crippen LogP contribution in [0.4, 0.5) is 5.69 Å². The zero-order chi connectivity index (χ0) is 21.7. The number of hydrogen-bond donors (Lipinski definition) is 3. The second kappa shape index (κ2) is 13.0. The van der Waals surface area contributed by atoms with E-state index in [0.717, 1.165) is 37.8 Å². The Bertz CT molecular complexity index is 783. The van der Waals surface area contributed by atoms with Crippen LogP contribution in [0.15, 0.2) is 53.5 Å². The number of benzene rings is 2. The summed E-state index contributed by atoms with van der Waals surface area (Å²) >= 11 is 0. The smallest absolute Gasteiger partial charge is 0.191 e. The number of nitrogens with zero attached hydrogens (tertiary/aromatic N) is 2. The highest BCUT2D eigenvalue weighted by atomic mass is 16.5. The molecule has 0 aliphatic carbocycles. The van der Waals surface area contributed by atoms with Crippen LogP contribution in [0.2, 0.25) is 0 Å². The van der Waals surface area contributed by atoms with E-state index in [1.165, 1.54) is 42.6 Å². The summed E-state index contributed by atoms with van der Waals surface area (Å²) in [6, 6.07) is 17.3. The summed E-state index contributed by atoms with van der Waals surface area (Å²) in [5, 5.41) is 10.1. The first kappa shape index (κ1) is 23.1. The number of anilines is 1. The van der Waals surface area contributed by atoms with Crippen molar-refractivity contribution in [2.24, 2.45) is 4.99 Å². The van der Waals surface area contributed by atoms with Crippen molar-refractivity contribution in [2.45, 2.75) is 39.4 Å². The van der Waals surface area contributed by atoms with E-state index in [-0.39, 0.29) is 0 Å². The minimum absolute atomic E-state index is 0.641. The molecule has 6 nitrogen and oxygen atoms in total. The van der Waals surface area contributed by atoms with Crippen LogP contribution < -0.4 is 16.0 Å². The molecule has 3 rings (SSSR count). The van der Waals surface area contributed by atoms with Crippen LogP contribution in [0, 0.1) is 0 Å². The Morgan fingerprint density at radius 3 is 2.29 bits per heavy atom. The van der Waals surface area contributed by atoms with Gasteiger partial charge >= 0.3 is 0 Å². The van der Waals surface area contributed by atoms with E-state index >= 15 is 0 Å². The third-order valence-corrected chi connectivity index (χ3v) is 5.44. The van der Waals surface area contributed by atoms with Gasteiger partial charge < -0.3 is 20.7 Å². The van der Waals surface area contributed by atoms with E-state index in [4.69, 9.17) is 9.73 Å². The predicted molar refractivity (Wildman–Crippen MR) is 129 cm³/mol. The van der Waals surface area contributed by atoms with Gasteiger partial charge in [0.25, 0.3) is 0 Å². The van der Waals surface area contributed by atoms with Crippen molar-refractivity contribution in [1.82, 2.24) is 15.5 Å². The van der Waals surface area contributed by atoms with E-state index < -0.39 is 0 Å². The number of guanidine groups is 1. The molecule has 2 aromatic rings. The first-order valence-electron chi connectivity index (χ1n) is 11.4. The van der Waals surface area contributed by atoms with Crippen molar-refractivity contribution in [3.05, 3.63) is 65.2 Å². The third kappa shape index (κ3) is 8.23. The fraction of sp³-hybridized carbons (Fsp3) is 0.480. The molecule has 1 aliphatic rings. The van der Waals surface area contributed by atoms with Crippen LogP contribution >= 0.6 is 0 Å². The molecule has 0 spiro atoms. The molecule has 0 aromatic heterocycles. The van der Waals surface area contributed by atoms with Gasteiger partial charge in [-0.1, -0.05) is 36.4 Å². The molecule has 0 atom stereocenters. The molecule has 1 aliphatic heterocycles. The average Bonchev–Trinajstić information content (AvgIpc) is 3.31. The standard InChI is InChI=1S/C25H37N5O/c1-3-26-25(29-19-22-10-12-24(13-11-22)27-14-17-31-2)28-18-21-6-8-23(9-7-21)20-30-15-4-5-16-30/h6-13,27H,3-5,14-20H2,1-2H3,(H2,26,28,29). The van der Waals surface area contributed by atoms with Gasteiger partial charge in [-0.25, -0.2) is 4.99 Å². The molecule has 2 aromatic carbocycles. The third-order valence-electron chi connectivity index (χ3n) is 5.44. The maximum Gasteiger partial charge on any atom is 0.191 e. The topological polar surface area (TPSA) is 60.9 Å². The summed E-state index contributed by atoms with van der Waals surface area (Å²) in [4.78, 5) is 7.27. The minimum Gasteiger partial charge on any atom is -0.383 e. The van der Waals surface area contributed by atoms with Crippen molar-refractivity contribution >= 4 is 11.6 Å². The van der Waals surface area contributed by atoms with Gasteiger partial charge in [0, 0.05) is 39.0 Å². The first-order chi connectivity index (χ1) is 15.3. The number of aliphatic imine (C=N–C) groups is 1. The van der Waals surface area contributed by atoms with E-state index in [9.17, 15) is 0 Å². The molecule has 1 saturated heterocycles.